The van der Waals surface area contributed by atoms with Crippen molar-refractivity contribution in [2.45, 2.75) is 91.4 Å². The van der Waals surface area contributed by atoms with Crippen LogP contribution in [0.4, 0.5) is 0 Å². The number of rotatable bonds is 15. The van der Waals surface area contributed by atoms with E-state index in [-0.39, 0.29) is 11.9 Å². The molecule has 0 fully saturated rings. The minimum atomic E-state index is -0.208. The summed E-state index contributed by atoms with van der Waals surface area (Å²) in [4.78, 5) is 23.1. The molecular weight excluding hydrogens is 292 g/mol. The molecule has 0 aromatic rings. The van der Waals surface area contributed by atoms with Gasteiger partial charge in [-0.25, -0.2) is 0 Å². The standard InChI is InChI=1S/C19H36O4/c1-4-7-8-9-10-11-15-22-18(20)13-12-14-19(21)23-16-17(5-2)6-3/h17H,4-16H2,1-3H3. The molecular formula is C19H36O4. The van der Waals surface area contributed by atoms with Crippen LogP contribution in [0, 0.1) is 5.92 Å². The van der Waals surface area contributed by atoms with E-state index in [1.165, 1.54) is 25.7 Å². The van der Waals surface area contributed by atoms with E-state index in [1.54, 1.807) is 0 Å². The summed E-state index contributed by atoms with van der Waals surface area (Å²) >= 11 is 0. The first-order valence-corrected chi connectivity index (χ1v) is 9.45. The lowest BCUT2D eigenvalue weighted by molar-refractivity contribution is -0.146. The summed E-state index contributed by atoms with van der Waals surface area (Å²) in [6, 6.07) is 0. The fourth-order valence-electron chi connectivity index (χ4n) is 2.32. The van der Waals surface area contributed by atoms with E-state index >= 15 is 0 Å². The van der Waals surface area contributed by atoms with Crippen molar-refractivity contribution in [2.75, 3.05) is 13.2 Å². The van der Waals surface area contributed by atoms with Gasteiger partial charge in [-0.2, -0.15) is 0 Å². The van der Waals surface area contributed by atoms with Gasteiger partial charge in [-0.1, -0.05) is 65.7 Å². The maximum absolute atomic E-state index is 11.6. The van der Waals surface area contributed by atoms with Gasteiger partial charge >= 0.3 is 11.9 Å². The van der Waals surface area contributed by atoms with Crippen molar-refractivity contribution in [1.82, 2.24) is 0 Å². The minimum absolute atomic E-state index is 0.202. The molecule has 0 aliphatic heterocycles. The molecule has 0 amide bonds. The summed E-state index contributed by atoms with van der Waals surface area (Å²) in [6.45, 7) is 7.39. The van der Waals surface area contributed by atoms with Crippen LogP contribution < -0.4 is 0 Å². The molecule has 4 nitrogen and oxygen atoms in total. The zero-order valence-electron chi connectivity index (χ0n) is 15.4. The molecule has 0 rings (SSSR count). The van der Waals surface area contributed by atoms with E-state index in [1.807, 2.05) is 0 Å². The Balaban J connectivity index is 3.46. The Labute approximate surface area is 142 Å². The van der Waals surface area contributed by atoms with Crippen molar-refractivity contribution < 1.29 is 19.1 Å². The molecule has 0 spiro atoms. The van der Waals surface area contributed by atoms with Crippen LogP contribution in [0.25, 0.3) is 0 Å². The molecule has 0 heterocycles. The molecule has 0 radical (unpaired) electrons. The second kappa shape index (κ2) is 15.8. The number of hydrogen-bond donors (Lipinski definition) is 0. The first kappa shape index (κ1) is 21.9. The highest BCUT2D eigenvalue weighted by atomic mass is 16.5. The average Bonchev–Trinajstić information content (AvgIpc) is 2.55. The Bertz CT molecular complexity index is 298. The predicted octanol–water partition coefficient (Wildman–Crippen LogP) is 5.04. The summed E-state index contributed by atoms with van der Waals surface area (Å²) < 4.78 is 10.4. The molecule has 0 saturated carbocycles. The molecule has 0 N–H and O–H groups in total. The molecule has 0 saturated heterocycles. The molecule has 0 aromatic carbocycles. The maximum atomic E-state index is 11.6. The second-order valence-corrected chi connectivity index (χ2v) is 6.21. The molecule has 0 aliphatic rings. The molecule has 23 heavy (non-hydrogen) atoms. The Morgan fingerprint density at radius 2 is 1.30 bits per heavy atom. The van der Waals surface area contributed by atoms with Crippen molar-refractivity contribution in [3.63, 3.8) is 0 Å². The van der Waals surface area contributed by atoms with Gasteiger partial charge in [0.05, 0.1) is 13.2 Å². The molecule has 136 valence electrons. The van der Waals surface area contributed by atoms with Gasteiger partial charge in [0, 0.05) is 12.8 Å². The summed E-state index contributed by atoms with van der Waals surface area (Å²) in [6.07, 6.45) is 10.2. The van der Waals surface area contributed by atoms with E-state index < -0.39 is 0 Å². The summed E-state index contributed by atoms with van der Waals surface area (Å²) in [5, 5.41) is 0. The van der Waals surface area contributed by atoms with Crippen molar-refractivity contribution >= 4 is 11.9 Å². The van der Waals surface area contributed by atoms with Gasteiger partial charge in [-0.3, -0.25) is 9.59 Å². The van der Waals surface area contributed by atoms with Crippen molar-refractivity contribution in [3.8, 4) is 0 Å². The third kappa shape index (κ3) is 14.3. The van der Waals surface area contributed by atoms with E-state index in [4.69, 9.17) is 9.47 Å². The Kier molecular flexibility index (Phi) is 15.1. The zero-order chi connectivity index (χ0) is 17.3. The molecule has 0 aliphatic carbocycles. The molecule has 0 atom stereocenters. The summed E-state index contributed by atoms with van der Waals surface area (Å²) in [7, 11) is 0. The topological polar surface area (TPSA) is 52.6 Å². The highest BCUT2D eigenvalue weighted by Crippen LogP contribution is 2.09. The Hall–Kier alpha value is -1.06. The predicted molar refractivity (Wildman–Crippen MR) is 93.2 cm³/mol. The third-order valence-corrected chi connectivity index (χ3v) is 4.16. The largest absolute Gasteiger partial charge is 0.466 e. The fraction of sp³-hybridized carbons (Fsp3) is 0.895. The average molecular weight is 328 g/mol. The number of ether oxygens (including phenoxy) is 2. The minimum Gasteiger partial charge on any atom is -0.466 e. The van der Waals surface area contributed by atoms with Crippen molar-refractivity contribution in [2.24, 2.45) is 5.92 Å². The van der Waals surface area contributed by atoms with Crippen LogP contribution in [-0.2, 0) is 19.1 Å². The summed E-state index contributed by atoms with van der Waals surface area (Å²) in [5.41, 5.74) is 0. The third-order valence-electron chi connectivity index (χ3n) is 4.16. The normalized spacial score (nSPS) is 10.8. The van der Waals surface area contributed by atoms with Gasteiger partial charge in [0.2, 0.25) is 0 Å². The van der Waals surface area contributed by atoms with Crippen molar-refractivity contribution in [3.05, 3.63) is 0 Å². The lowest BCUT2D eigenvalue weighted by Crippen LogP contribution is -2.13. The van der Waals surface area contributed by atoms with E-state index in [0.29, 0.717) is 38.4 Å². The van der Waals surface area contributed by atoms with Crippen LogP contribution in [0.3, 0.4) is 0 Å². The van der Waals surface area contributed by atoms with Crippen LogP contribution in [0.2, 0.25) is 0 Å². The van der Waals surface area contributed by atoms with Crippen LogP contribution >= 0.6 is 0 Å². The highest BCUT2D eigenvalue weighted by Gasteiger charge is 2.10. The quantitative estimate of drug-likeness (QED) is 0.312. The van der Waals surface area contributed by atoms with Gasteiger partial charge in [-0.05, 0) is 18.8 Å². The van der Waals surface area contributed by atoms with Crippen LogP contribution in [0.5, 0.6) is 0 Å². The van der Waals surface area contributed by atoms with Crippen LogP contribution in [-0.4, -0.2) is 25.2 Å². The van der Waals surface area contributed by atoms with Crippen LogP contribution in [0.1, 0.15) is 91.4 Å². The number of unbranched alkanes of at least 4 members (excludes halogenated alkanes) is 5. The first-order chi connectivity index (χ1) is 11.1. The lowest BCUT2D eigenvalue weighted by Gasteiger charge is -2.12. The van der Waals surface area contributed by atoms with E-state index in [2.05, 4.69) is 20.8 Å². The molecule has 4 heteroatoms. The van der Waals surface area contributed by atoms with Crippen LogP contribution in [0.15, 0.2) is 0 Å². The number of carbonyl (C=O) groups excluding carboxylic acids is 2. The number of hydrogen-bond acceptors (Lipinski definition) is 4. The fourth-order valence-corrected chi connectivity index (χ4v) is 2.32. The van der Waals surface area contributed by atoms with E-state index in [9.17, 15) is 9.59 Å². The van der Waals surface area contributed by atoms with E-state index in [0.717, 1.165) is 25.7 Å². The van der Waals surface area contributed by atoms with Gasteiger partial charge in [0.15, 0.2) is 0 Å². The smallest absolute Gasteiger partial charge is 0.305 e. The first-order valence-electron chi connectivity index (χ1n) is 9.45. The second-order valence-electron chi connectivity index (χ2n) is 6.21. The number of carbonyl (C=O) groups is 2. The zero-order valence-corrected chi connectivity index (χ0v) is 15.4. The lowest BCUT2D eigenvalue weighted by atomic mass is 10.1. The van der Waals surface area contributed by atoms with Crippen molar-refractivity contribution in [1.29, 1.82) is 0 Å². The molecule has 0 bridgehead atoms. The van der Waals surface area contributed by atoms with Gasteiger partial charge in [0.1, 0.15) is 0 Å². The maximum Gasteiger partial charge on any atom is 0.305 e. The van der Waals surface area contributed by atoms with Gasteiger partial charge in [-0.15, -0.1) is 0 Å². The monoisotopic (exact) mass is 328 g/mol. The SMILES string of the molecule is CCCCCCCCOC(=O)CCCC(=O)OCC(CC)CC. The Morgan fingerprint density at radius 3 is 1.91 bits per heavy atom. The molecule has 0 unspecified atom stereocenters. The number of esters is 2. The highest BCUT2D eigenvalue weighted by molar-refractivity contribution is 5.72. The van der Waals surface area contributed by atoms with Gasteiger partial charge < -0.3 is 9.47 Å². The van der Waals surface area contributed by atoms with Gasteiger partial charge in [0.25, 0.3) is 0 Å². The summed E-state index contributed by atoms with van der Waals surface area (Å²) in [5.74, 6) is 0.0354. The Morgan fingerprint density at radius 1 is 0.739 bits per heavy atom. The molecule has 0 aromatic heterocycles.